The second-order valence-electron chi connectivity index (χ2n) is 5.61. The predicted octanol–water partition coefficient (Wildman–Crippen LogP) is 1.99. The van der Waals surface area contributed by atoms with Gasteiger partial charge in [-0.15, -0.1) is 0 Å². The number of ketones is 1. The molecule has 3 nitrogen and oxygen atoms in total. The number of hydrogen-bond donors (Lipinski definition) is 2. The molecular formula is C13H18N2O. The van der Waals surface area contributed by atoms with E-state index in [1.54, 1.807) is 0 Å². The van der Waals surface area contributed by atoms with Gasteiger partial charge in [0.05, 0.1) is 11.4 Å². The molecule has 1 aliphatic rings. The predicted molar refractivity (Wildman–Crippen MR) is 66.3 cm³/mol. The molecule has 0 heterocycles. The zero-order valence-electron chi connectivity index (χ0n) is 10.2. The van der Waals surface area contributed by atoms with Crippen molar-refractivity contribution in [3.63, 3.8) is 0 Å². The highest BCUT2D eigenvalue weighted by atomic mass is 16.1. The topological polar surface area (TPSA) is 69.1 Å². The normalized spacial score (nSPS) is 20.9. The van der Waals surface area contributed by atoms with Crippen LogP contribution in [-0.4, -0.2) is 5.78 Å². The number of rotatable bonds is 0. The van der Waals surface area contributed by atoms with Crippen molar-refractivity contribution in [3.8, 4) is 0 Å². The van der Waals surface area contributed by atoms with E-state index in [1.807, 2.05) is 39.8 Å². The van der Waals surface area contributed by atoms with Crippen LogP contribution < -0.4 is 11.5 Å². The van der Waals surface area contributed by atoms with Crippen molar-refractivity contribution in [1.82, 2.24) is 0 Å². The number of nitrogens with two attached hydrogens (primary N) is 2. The van der Waals surface area contributed by atoms with Gasteiger partial charge in [0.2, 0.25) is 0 Å². The fraction of sp³-hybridized carbons (Fsp3) is 0.462. The van der Waals surface area contributed by atoms with Crippen molar-refractivity contribution in [1.29, 1.82) is 0 Å². The van der Waals surface area contributed by atoms with E-state index < -0.39 is 10.8 Å². The van der Waals surface area contributed by atoms with Gasteiger partial charge in [-0.3, -0.25) is 4.79 Å². The van der Waals surface area contributed by atoms with Gasteiger partial charge in [-0.1, -0.05) is 0 Å². The molecule has 16 heavy (non-hydrogen) atoms. The first-order chi connectivity index (χ1) is 7.19. The maximum Gasteiger partial charge on any atom is 0.152 e. The Kier molecular flexibility index (Phi) is 1.91. The Morgan fingerprint density at radius 3 is 1.50 bits per heavy atom. The quantitative estimate of drug-likeness (QED) is 0.654. The summed E-state index contributed by atoms with van der Waals surface area (Å²) in [5.41, 5.74) is 13.8. The summed E-state index contributed by atoms with van der Waals surface area (Å²) >= 11 is 0. The molecular weight excluding hydrogens is 200 g/mol. The van der Waals surface area contributed by atoms with E-state index in [-0.39, 0.29) is 5.78 Å². The standard InChI is InChI=1S/C13H18N2O/c1-12(2)7-5-9(14)10(15)6-8(7)13(3,4)11(12)16/h5-6H,14-15H2,1-4H3. The summed E-state index contributed by atoms with van der Waals surface area (Å²) in [6.45, 7) is 7.77. The zero-order valence-corrected chi connectivity index (χ0v) is 10.2. The van der Waals surface area contributed by atoms with Crippen LogP contribution in [0.1, 0.15) is 38.8 Å². The highest BCUT2D eigenvalue weighted by Crippen LogP contribution is 2.48. The molecule has 2 rings (SSSR count). The molecule has 0 amide bonds. The lowest BCUT2D eigenvalue weighted by atomic mass is 9.80. The summed E-state index contributed by atoms with van der Waals surface area (Å²) in [6, 6.07) is 3.69. The van der Waals surface area contributed by atoms with Crippen molar-refractivity contribution in [3.05, 3.63) is 23.3 Å². The van der Waals surface area contributed by atoms with Crippen LogP contribution >= 0.6 is 0 Å². The number of nitrogen functional groups attached to an aromatic ring is 2. The molecule has 0 aromatic heterocycles. The average molecular weight is 218 g/mol. The summed E-state index contributed by atoms with van der Waals surface area (Å²) in [5, 5.41) is 0. The van der Waals surface area contributed by atoms with Gasteiger partial charge in [-0.2, -0.15) is 0 Å². The first-order valence-corrected chi connectivity index (χ1v) is 5.44. The SMILES string of the molecule is CC1(C)C(=O)C(C)(C)c2cc(N)c(N)cc21. The van der Waals surface area contributed by atoms with Crippen molar-refractivity contribution in [2.24, 2.45) is 0 Å². The second kappa shape index (κ2) is 2.78. The minimum Gasteiger partial charge on any atom is -0.397 e. The molecule has 0 unspecified atom stereocenters. The number of hydrogen-bond acceptors (Lipinski definition) is 3. The van der Waals surface area contributed by atoms with E-state index in [1.165, 1.54) is 0 Å². The average Bonchev–Trinajstić information content (AvgIpc) is 2.29. The molecule has 0 atom stereocenters. The molecule has 1 aliphatic carbocycles. The first-order valence-electron chi connectivity index (χ1n) is 5.44. The molecule has 1 aromatic rings. The van der Waals surface area contributed by atoms with Crippen LogP contribution in [-0.2, 0) is 15.6 Å². The molecule has 1 aromatic carbocycles. The van der Waals surface area contributed by atoms with E-state index in [0.29, 0.717) is 11.4 Å². The molecule has 0 aliphatic heterocycles. The number of benzene rings is 1. The van der Waals surface area contributed by atoms with Gasteiger partial charge in [-0.25, -0.2) is 0 Å². The molecule has 0 spiro atoms. The molecule has 3 heteroatoms. The summed E-state index contributed by atoms with van der Waals surface area (Å²) in [4.78, 5) is 12.3. The van der Waals surface area contributed by atoms with Crippen LogP contribution in [0.3, 0.4) is 0 Å². The Morgan fingerprint density at radius 1 is 0.875 bits per heavy atom. The minimum absolute atomic E-state index is 0.222. The lowest BCUT2D eigenvalue weighted by Gasteiger charge is -2.21. The minimum atomic E-state index is -0.472. The summed E-state index contributed by atoms with van der Waals surface area (Å²) in [6.07, 6.45) is 0. The molecule has 0 saturated heterocycles. The van der Waals surface area contributed by atoms with Gasteiger partial charge in [-0.05, 0) is 51.0 Å². The monoisotopic (exact) mass is 218 g/mol. The molecule has 4 N–H and O–H groups in total. The van der Waals surface area contributed by atoms with Crippen molar-refractivity contribution in [2.75, 3.05) is 11.5 Å². The number of anilines is 2. The lowest BCUT2D eigenvalue weighted by Crippen LogP contribution is -2.33. The van der Waals surface area contributed by atoms with Crippen LogP contribution in [0.5, 0.6) is 0 Å². The highest BCUT2D eigenvalue weighted by molar-refractivity contribution is 6.03. The number of Topliss-reactive ketones (excluding diaryl/α,β-unsaturated/α-hetero) is 1. The first kappa shape index (κ1) is 11.0. The zero-order chi connectivity index (χ0) is 12.3. The van der Waals surface area contributed by atoms with Crippen LogP contribution in [0.25, 0.3) is 0 Å². The van der Waals surface area contributed by atoms with Crippen molar-refractivity contribution < 1.29 is 4.79 Å². The van der Waals surface area contributed by atoms with Gasteiger partial charge in [0.25, 0.3) is 0 Å². The third-order valence-corrected chi connectivity index (χ3v) is 3.71. The number of fused-ring (bicyclic) bond motifs is 1. The Balaban J connectivity index is 2.81. The van der Waals surface area contributed by atoms with Crippen molar-refractivity contribution in [2.45, 2.75) is 38.5 Å². The Morgan fingerprint density at radius 2 is 1.19 bits per heavy atom. The van der Waals surface area contributed by atoms with Gasteiger partial charge < -0.3 is 11.5 Å². The molecule has 0 saturated carbocycles. The lowest BCUT2D eigenvalue weighted by molar-refractivity contribution is -0.126. The third kappa shape index (κ3) is 1.11. The van der Waals surface area contributed by atoms with E-state index in [9.17, 15) is 4.79 Å². The van der Waals surface area contributed by atoms with Gasteiger partial charge in [0, 0.05) is 10.8 Å². The maximum atomic E-state index is 12.3. The smallest absolute Gasteiger partial charge is 0.152 e. The molecule has 86 valence electrons. The Labute approximate surface area is 95.8 Å². The van der Waals surface area contributed by atoms with Crippen molar-refractivity contribution >= 4 is 17.2 Å². The van der Waals surface area contributed by atoms with E-state index in [4.69, 9.17) is 11.5 Å². The number of carbonyl (C=O) groups excluding carboxylic acids is 1. The van der Waals surface area contributed by atoms with Crippen LogP contribution in [0.15, 0.2) is 12.1 Å². The van der Waals surface area contributed by atoms with Crippen LogP contribution in [0.2, 0.25) is 0 Å². The van der Waals surface area contributed by atoms with E-state index in [0.717, 1.165) is 11.1 Å². The molecule has 0 radical (unpaired) electrons. The summed E-state index contributed by atoms with van der Waals surface area (Å²) in [5.74, 6) is 0.222. The highest BCUT2D eigenvalue weighted by Gasteiger charge is 2.50. The van der Waals surface area contributed by atoms with E-state index >= 15 is 0 Å². The van der Waals surface area contributed by atoms with Gasteiger partial charge in [0.1, 0.15) is 0 Å². The maximum absolute atomic E-state index is 12.3. The number of carbonyl (C=O) groups is 1. The third-order valence-electron chi connectivity index (χ3n) is 3.71. The molecule has 0 fully saturated rings. The van der Waals surface area contributed by atoms with E-state index in [2.05, 4.69) is 0 Å². The second-order valence-corrected chi connectivity index (χ2v) is 5.61. The Bertz CT molecular complexity index is 444. The Hall–Kier alpha value is -1.51. The van der Waals surface area contributed by atoms with Crippen LogP contribution in [0.4, 0.5) is 11.4 Å². The largest absolute Gasteiger partial charge is 0.397 e. The summed E-state index contributed by atoms with van der Waals surface area (Å²) < 4.78 is 0. The fourth-order valence-electron chi connectivity index (χ4n) is 2.69. The van der Waals surface area contributed by atoms with Crippen LogP contribution in [0, 0.1) is 0 Å². The molecule has 0 bridgehead atoms. The van der Waals surface area contributed by atoms with Gasteiger partial charge in [0.15, 0.2) is 5.78 Å². The fourth-order valence-corrected chi connectivity index (χ4v) is 2.69. The summed E-state index contributed by atoms with van der Waals surface area (Å²) in [7, 11) is 0. The van der Waals surface area contributed by atoms with Gasteiger partial charge >= 0.3 is 0 Å².